The Labute approximate surface area is 101 Å². The first-order valence-electron chi connectivity index (χ1n) is 5.64. The molecule has 7 nitrogen and oxygen atoms in total. The Morgan fingerprint density at radius 2 is 2.18 bits per heavy atom. The van der Waals surface area contributed by atoms with Gasteiger partial charge >= 0.3 is 13.0 Å². The Kier molecular flexibility index (Phi) is 8.22. The van der Waals surface area contributed by atoms with Crippen molar-refractivity contribution in [2.24, 2.45) is 5.11 Å². The molecule has 0 saturated carbocycles. The number of hydrogen-bond donors (Lipinski definition) is 2. The Morgan fingerprint density at radius 3 is 2.65 bits per heavy atom. The van der Waals surface area contributed by atoms with Gasteiger partial charge in [-0.25, -0.2) is 0 Å². The molecule has 0 amide bonds. The molecule has 1 atom stereocenters. The maximum absolute atomic E-state index is 10.6. The monoisotopic (exact) mass is 242 g/mol. The Bertz CT molecular complexity index is 279. The minimum absolute atomic E-state index is 0.359. The summed E-state index contributed by atoms with van der Waals surface area (Å²) in [5, 5.41) is 21.1. The maximum atomic E-state index is 10.6. The molecule has 0 spiro atoms. The molecule has 0 bridgehead atoms. The predicted octanol–water partition coefficient (Wildman–Crippen LogP) is 1.35. The molecule has 0 aliphatic heterocycles. The number of carboxylic acids is 1. The van der Waals surface area contributed by atoms with E-state index in [4.69, 9.17) is 10.6 Å². The van der Waals surface area contributed by atoms with E-state index in [0.717, 1.165) is 19.4 Å². The summed E-state index contributed by atoms with van der Waals surface area (Å²) < 4.78 is 0. The van der Waals surface area contributed by atoms with Crippen molar-refractivity contribution in [3.63, 3.8) is 0 Å². The minimum Gasteiger partial charge on any atom is -0.481 e. The van der Waals surface area contributed by atoms with Crippen LogP contribution in [0, 0.1) is 0 Å². The highest BCUT2D eigenvalue weighted by atomic mass is 16.4. The average Bonchev–Trinajstić information content (AvgIpc) is 2.26. The molecule has 0 aliphatic rings. The summed E-state index contributed by atoms with van der Waals surface area (Å²) >= 11 is 0. The molecule has 96 valence electrons. The van der Waals surface area contributed by atoms with Crippen LogP contribution in [0.2, 0.25) is 6.82 Å². The SMILES string of the molecule is CB(O)N(C)CCCCC[C@H](N=[N+]=[N-])C(=O)O. The number of hydrogen-bond acceptors (Lipinski definition) is 4. The lowest BCUT2D eigenvalue weighted by Gasteiger charge is -2.16. The topological polar surface area (TPSA) is 110 Å². The van der Waals surface area contributed by atoms with Crippen molar-refractivity contribution in [1.82, 2.24) is 4.81 Å². The Balaban J connectivity index is 3.69. The molecule has 0 aliphatic carbocycles. The van der Waals surface area contributed by atoms with Crippen LogP contribution in [0.5, 0.6) is 0 Å². The fraction of sp³-hybridized carbons (Fsp3) is 0.889. The Hall–Kier alpha value is -1.24. The van der Waals surface area contributed by atoms with Gasteiger partial charge in [-0.2, -0.15) is 0 Å². The first kappa shape index (κ1) is 15.8. The molecule has 0 radical (unpaired) electrons. The summed E-state index contributed by atoms with van der Waals surface area (Å²) in [5.74, 6) is -1.08. The molecule has 0 unspecified atom stereocenters. The zero-order chi connectivity index (χ0) is 13.3. The van der Waals surface area contributed by atoms with Crippen LogP contribution in [0.4, 0.5) is 0 Å². The summed E-state index contributed by atoms with van der Waals surface area (Å²) in [6, 6.07) is -0.963. The molecular formula is C9H19BN4O3. The van der Waals surface area contributed by atoms with Crippen LogP contribution in [0.1, 0.15) is 25.7 Å². The molecule has 0 saturated heterocycles. The van der Waals surface area contributed by atoms with Crippen LogP contribution in [-0.4, -0.2) is 47.6 Å². The summed E-state index contributed by atoms with van der Waals surface area (Å²) in [7, 11) is 1.36. The zero-order valence-corrected chi connectivity index (χ0v) is 10.3. The van der Waals surface area contributed by atoms with Crippen molar-refractivity contribution >= 4 is 13.0 Å². The van der Waals surface area contributed by atoms with E-state index in [0.29, 0.717) is 12.8 Å². The molecule has 0 fully saturated rings. The third-order valence-electron chi connectivity index (χ3n) is 2.60. The number of rotatable bonds is 9. The van der Waals surface area contributed by atoms with Gasteiger partial charge in [-0.15, -0.1) is 0 Å². The minimum atomic E-state index is -1.08. The molecule has 17 heavy (non-hydrogen) atoms. The van der Waals surface area contributed by atoms with Crippen molar-refractivity contribution in [2.45, 2.75) is 38.5 Å². The van der Waals surface area contributed by atoms with Crippen molar-refractivity contribution in [3.8, 4) is 0 Å². The summed E-state index contributed by atoms with van der Waals surface area (Å²) in [5.41, 5.74) is 8.18. The van der Waals surface area contributed by atoms with Gasteiger partial charge in [0.25, 0.3) is 0 Å². The van der Waals surface area contributed by atoms with Gasteiger partial charge in [-0.1, -0.05) is 18.0 Å². The van der Waals surface area contributed by atoms with Gasteiger partial charge in [0.15, 0.2) is 0 Å². The average molecular weight is 242 g/mol. The lowest BCUT2D eigenvalue weighted by Crippen LogP contribution is -2.33. The fourth-order valence-corrected chi connectivity index (χ4v) is 1.36. The van der Waals surface area contributed by atoms with E-state index in [1.807, 2.05) is 11.9 Å². The third kappa shape index (κ3) is 7.62. The predicted molar refractivity (Wildman–Crippen MR) is 65.5 cm³/mol. The van der Waals surface area contributed by atoms with Gasteiger partial charge in [-0.05, 0) is 38.8 Å². The van der Waals surface area contributed by atoms with E-state index in [-0.39, 0.29) is 0 Å². The smallest absolute Gasteiger partial charge is 0.376 e. The molecule has 0 aromatic heterocycles. The lowest BCUT2D eigenvalue weighted by molar-refractivity contribution is -0.138. The van der Waals surface area contributed by atoms with E-state index >= 15 is 0 Å². The maximum Gasteiger partial charge on any atom is 0.376 e. The molecule has 8 heteroatoms. The summed E-state index contributed by atoms with van der Waals surface area (Å²) in [6.07, 6.45) is 2.78. The largest absolute Gasteiger partial charge is 0.481 e. The van der Waals surface area contributed by atoms with Gasteiger partial charge in [0.2, 0.25) is 0 Å². The summed E-state index contributed by atoms with van der Waals surface area (Å²) in [4.78, 5) is 15.0. The van der Waals surface area contributed by atoms with Gasteiger partial charge in [0.1, 0.15) is 6.04 Å². The van der Waals surface area contributed by atoms with Gasteiger partial charge in [0, 0.05) is 4.91 Å². The first-order valence-corrected chi connectivity index (χ1v) is 5.64. The number of carbonyl (C=O) groups is 1. The highest BCUT2D eigenvalue weighted by Gasteiger charge is 2.14. The molecule has 0 aromatic rings. The van der Waals surface area contributed by atoms with E-state index in [1.165, 1.54) is 0 Å². The lowest BCUT2D eigenvalue weighted by atomic mass is 9.85. The molecule has 0 heterocycles. The van der Waals surface area contributed by atoms with E-state index in [9.17, 15) is 9.82 Å². The second-order valence-corrected chi connectivity index (χ2v) is 4.02. The second kappa shape index (κ2) is 8.86. The van der Waals surface area contributed by atoms with Crippen LogP contribution >= 0.6 is 0 Å². The molecular weight excluding hydrogens is 223 g/mol. The van der Waals surface area contributed by atoms with Crippen LogP contribution in [0.25, 0.3) is 10.4 Å². The number of carboxylic acid groups (broad SMARTS) is 1. The van der Waals surface area contributed by atoms with E-state index in [2.05, 4.69) is 10.0 Å². The van der Waals surface area contributed by atoms with E-state index in [1.54, 1.807) is 6.82 Å². The Morgan fingerprint density at radius 1 is 1.53 bits per heavy atom. The number of unbranched alkanes of at least 4 members (excludes halogenated alkanes) is 2. The third-order valence-corrected chi connectivity index (χ3v) is 2.60. The van der Waals surface area contributed by atoms with Crippen molar-refractivity contribution in [3.05, 3.63) is 10.4 Å². The number of nitrogens with zero attached hydrogens (tertiary/aromatic N) is 4. The van der Waals surface area contributed by atoms with Gasteiger partial charge < -0.3 is 14.9 Å². The van der Waals surface area contributed by atoms with E-state index < -0.39 is 19.1 Å². The number of azide groups is 1. The first-order chi connectivity index (χ1) is 7.99. The molecule has 0 rings (SSSR count). The highest BCUT2D eigenvalue weighted by molar-refractivity contribution is 6.45. The van der Waals surface area contributed by atoms with Crippen molar-refractivity contribution in [2.75, 3.05) is 13.6 Å². The van der Waals surface area contributed by atoms with Crippen LogP contribution in [0.15, 0.2) is 5.11 Å². The highest BCUT2D eigenvalue weighted by Crippen LogP contribution is 2.08. The van der Waals surface area contributed by atoms with Crippen molar-refractivity contribution < 1.29 is 14.9 Å². The van der Waals surface area contributed by atoms with Crippen LogP contribution in [-0.2, 0) is 4.79 Å². The molecule has 0 aromatic carbocycles. The quantitative estimate of drug-likeness (QED) is 0.209. The van der Waals surface area contributed by atoms with Gasteiger partial charge in [0.05, 0.1) is 0 Å². The van der Waals surface area contributed by atoms with Gasteiger partial charge in [-0.3, -0.25) is 4.79 Å². The van der Waals surface area contributed by atoms with Crippen LogP contribution in [0.3, 0.4) is 0 Å². The summed E-state index contributed by atoms with van der Waals surface area (Å²) in [6.45, 7) is 2.46. The van der Waals surface area contributed by atoms with Crippen molar-refractivity contribution in [1.29, 1.82) is 0 Å². The number of aliphatic carboxylic acids is 1. The fourth-order valence-electron chi connectivity index (χ4n) is 1.36. The second-order valence-electron chi connectivity index (χ2n) is 4.02. The van der Waals surface area contributed by atoms with Crippen LogP contribution < -0.4 is 0 Å². The normalized spacial score (nSPS) is 12.0. The molecule has 2 N–H and O–H groups in total. The standard InChI is InChI=1S/C9H19BN4O3/c1-10(17)14(2)7-5-3-4-6-8(9(15)16)12-13-11/h8,17H,3-7H2,1-2H3,(H,15,16)/t8-/m0/s1. The zero-order valence-electron chi connectivity index (χ0n) is 10.3.